The van der Waals surface area contributed by atoms with Crippen molar-refractivity contribution in [3.63, 3.8) is 0 Å². The molecule has 2 heterocycles. The van der Waals surface area contributed by atoms with E-state index in [0.717, 1.165) is 5.76 Å². The molecule has 0 spiro atoms. The number of carbonyl (C=O) groups is 1. The van der Waals surface area contributed by atoms with E-state index in [1.165, 1.54) is 0 Å². The van der Waals surface area contributed by atoms with Crippen LogP contribution in [0.4, 0.5) is 0 Å². The molecule has 1 aromatic rings. The second kappa shape index (κ2) is 2.91. The van der Waals surface area contributed by atoms with Gasteiger partial charge in [-0.15, -0.1) is 0 Å². The summed E-state index contributed by atoms with van der Waals surface area (Å²) >= 11 is 0. The van der Waals surface area contributed by atoms with Crippen LogP contribution in [0.1, 0.15) is 25.5 Å². The zero-order chi connectivity index (χ0) is 9.42. The summed E-state index contributed by atoms with van der Waals surface area (Å²) in [7, 11) is 0. The van der Waals surface area contributed by atoms with Crippen molar-refractivity contribution in [1.29, 1.82) is 0 Å². The van der Waals surface area contributed by atoms with Gasteiger partial charge in [0.1, 0.15) is 5.76 Å². The molecule has 1 saturated heterocycles. The average molecular weight is 179 g/mol. The van der Waals surface area contributed by atoms with Gasteiger partial charge in [0, 0.05) is 17.9 Å². The summed E-state index contributed by atoms with van der Waals surface area (Å²) in [6.07, 6.45) is 1.65. The summed E-state index contributed by atoms with van der Waals surface area (Å²) in [5, 5.41) is 2.91. The number of rotatable bonds is 1. The molecule has 3 heteroatoms. The SMILES string of the molecule is CC1NC(=O)C(C)C1c1ccco1. The molecule has 0 bridgehead atoms. The first-order valence-corrected chi connectivity index (χ1v) is 4.54. The molecule has 2 rings (SSSR count). The largest absolute Gasteiger partial charge is 0.469 e. The normalized spacial score (nSPS) is 33.4. The van der Waals surface area contributed by atoms with Gasteiger partial charge in [0.2, 0.25) is 5.91 Å². The van der Waals surface area contributed by atoms with Crippen LogP contribution in [0.15, 0.2) is 22.8 Å². The lowest BCUT2D eigenvalue weighted by molar-refractivity contribution is -0.122. The first kappa shape index (κ1) is 8.35. The van der Waals surface area contributed by atoms with Gasteiger partial charge in [-0.25, -0.2) is 0 Å². The highest BCUT2D eigenvalue weighted by molar-refractivity contribution is 5.82. The number of carbonyl (C=O) groups excluding carboxylic acids is 1. The van der Waals surface area contributed by atoms with E-state index in [-0.39, 0.29) is 23.8 Å². The highest BCUT2D eigenvalue weighted by atomic mass is 16.3. The lowest BCUT2D eigenvalue weighted by atomic mass is 9.90. The first-order chi connectivity index (χ1) is 6.20. The van der Waals surface area contributed by atoms with Crippen molar-refractivity contribution in [2.45, 2.75) is 25.8 Å². The van der Waals surface area contributed by atoms with E-state index in [2.05, 4.69) is 5.32 Å². The van der Waals surface area contributed by atoms with Crippen molar-refractivity contribution in [1.82, 2.24) is 5.32 Å². The summed E-state index contributed by atoms with van der Waals surface area (Å²) in [5.41, 5.74) is 0. The van der Waals surface area contributed by atoms with Gasteiger partial charge in [-0.2, -0.15) is 0 Å². The number of amides is 1. The highest BCUT2D eigenvalue weighted by Gasteiger charge is 2.39. The van der Waals surface area contributed by atoms with Gasteiger partial charge in [-0.1, -0.05) is 6.92 Å². The van der Waals surface area contributed by atoms with Gasteiger partial charge < -0.3 is 9.73 Å². The molecule has 13 heavy (non-hydrogen) atoms. The predicted molar refractivity (Wildman–Crippen MR) is 48.2 cm³/mol. The molecule has 1 N–H and O–H groups in total. The van der Waals surface area contributed by atoms with E-state index in [4.69, 9.17) is 4.42 Å². The van der Waals surface area contributed by atoms with Crippen molar-refractivity contribution < 1.29 is 9.21 Å². The van der Waals surface area contributed by atoms with Gasteiger partial charge in [0.05, 0.1) is 6.26 Å². The number of hydrogen-bond acceptors (Lipinski definition) is 2. The number of hydrogen-bond donors (Lipinski definition) is 1. The van der Waals surface area contributed by atoms with Crippen LogP contribution in [0, 0.1) is 5.92 Å². The first-order valence-electron chi connectivity index (χ1n) is 4.54. The van der Waals surface area contributed by atoms with Crippen LogP contribution in [0.3, 0.4) is 0 Å². The average Bonchev–Trinajstić information content (AvgIpc) is 2.63. The molecule has 0 saturated carbocycles. The highest BCUT2D eigenvalue weighted by Crippen LogP contribution is 2.33. The molecule has 1 fully saturated rings. The van der Waals surface area contributed by atoms with Crippen LogP contribution in [0.25, 0.3) is 0 Å². The monoisotopic (exact) mass is 179 g/mol. The smallest absolute Gasteiger partial charge is 0.223 e. The predicted octanol–water partition coefficient (Wildman–Crippen LogP) is 1.52. The molecule has 1 aliphatic rings. The van der Waals surface area contributed by atoms with Gasteiger partial charge in [-0.05, 0) is 19.1 Å². The Morgan fingerprint density at radius 2 is 2.23 bits per heavy atom. The third kappa shape index (κ3) is 1.24. The maximum atomic E-state index is 11.3. The lowest BCUT2D eigenvalue weighted by Gasteiger charge is -2.13. The Labute approximate surface area is 77.1 Å². The van der Waals surface area contributed by atoms with E-state index in [1.54, 1.807) is 6.26 Å². The number of nitrogens with one attached hydrogen (secondary N) is 1. The van der Waals surface area contributed by atoms with Crippen LogP contribution in [0.2, 0.25) is 0 Å². The molecule has 1 aliphatic heterocycles. The van der Waals surface area contributed by atoms with Crippen LogP contribution in [-0.4, -0.2) is 11.9 Å². The Morgan fingerprint density at radius 3 is 2.69 bits per heavy atom. The van der Waals surface area contributed by atoms with E-state index in [9.17, 15) is 4.79 Å². The Balaban J connectivity index is 2.29. The summed E-state index contributed by atoms with van der Waals surface area (Å²) in [5.74, 6) is 1.22. The maximum Gasteiger partial charge on any atom is 0.223 e. The molecule has 0 aliphatic carbocycles. The fraction of sp³-hybridized carbons (Fsp3) is 0.500. The lowest BCUT2D eigenvalue weighted by Crippen LogP contribution is -2.24. The Bertz CT molecular complexity index is 305. The Kier molecular flexibility index (Phi) is 1.87. The van der Waals surface area contributed by atoms with Gasteiger partial charge in [0.15, 0.2) is 0 Å². The molecule has 1 amide bonds. The molecular weight excluding hydrogens is 166 g/mol. The molecule has 70 valence electrons. The molecule has 0 aromatic carbocycles. The molecule has 3 unspecified atom stereocenters. The minimum absolute atomic E-state index is 0.0150. The van der Waals surface area contributed by atoms with E-state index >= 15 is 0 Å². The standard InChI is InChI=1S/C10H13NO2/c1-6-9(7(2)11-10(6)12)8-4-3-5-13-8/h3-7,9H,1-2H3,(H,11,12). The Hall–Kier alpha value is -1.25. The van der Waals surface area contributed by atoms with Gasteiger partial charge in [0.25, 0.3) is 0 Å². The van der Waals surface area contributed by atoms with Crippen LogP contribution >= 0.6 is 0 Å². The van der Waals surface area contributed by atoms with Crippen molar-refractivity contribution in [2.75, 3.05) is 0 Å². The topological polar surface area (TPSA) is 42.2 Å². The molecule has 3 atom stereocenters. The Morgan fingerprint density at radius 1 is 1.46 bits per heavy atom. The van der Waals surface area contributed by atoms with Crippen LogP contribution in [-0.2, 0) is 4.79 Å². The molecule has 3 nitrogen and oxygen atoms in total. The van der Waals surface area contributed by atoms with Crippen molar-refractivity contribution >= 4 is 5.91 Å². The fourth-order valence-electron chi connectivity index (χ4n) is 2.02. The minimum Gasteiger partial charge on any atom is -0.469 e. The van der Waals surface area contributed by atoms with Crippen molar-refractivity contribution in [3.05, 3.63) is 24.2 Å². The summed E-state index contributed by atoms with van der Waals surface area (Å²) in [6.45, 7) is 3.95. The molecular formula is C10H13NO2. The van der Waals surface area contributed by atoms with Crippen molar-refractivity contribution in [3.8, 4) is 0 Å². The third-order valence-corrected chi connectivity index (χ3v) is 2.73. The summed E-state index contributed by atoms with van der Waals surface area (Å²) in [4.78, 5) is 11.3. The molecule has 0 radical (unpaired) electrons. The second-order valence-electron chi connectivity index (χ2n) is 3.63. The zero-order valence-corrected chi connectivity index (χ0v) is 7.78. The van der Waals surface area contributed by atoms with E-state index in [1.807, 2.05) is 26.0 Å². The number of furan rings is 1. The van der Waals surface area contributed by atoms with Gasteiger partial charge in [-0.3, -0.25) is 4.79 Å². The van der Waals surface area contributed by atoms with E-state index in [0.29, 0.717) is 0 Å². The van der Waals surface area contributed by atoms with Gasteiger partial charge >= 0.3 is 0 Å². The van der Waals surface area contributed by atoms with Crippen molar-refractivity contribution in [2.24, 2.45) is 5.92 Å². The maximum absolute atomic E-state index is 11.3. The van der Waals surface area contributed by atoms with Crippen LogP contribution in [0.5, 0.6) is 0 Å². The summed E-state index contributed by atoms with van der Waals surface area (Å²) in [6, 6.07) is 3.96. The fourth-order valence-corrected chi connectivity index (χ4v) is 2.02. The summed E-state index contributed by atoms with van der Waals surface area (Å²) < 4.78 is 5.31. The third-order valence-electron chi connectivity index (χ3n) is 2.73. The minimum atomic E-state index is 0.0150. The quantitative estimate of drug-likeness (QED) is 0.710. The van der Waals surface area contributed by atoms with E-state index < -0.39 is 0 Å². The molecule has 1 aromatic heterocycles. The second-order valence-corrected chi connectivity index (χ2v) is 3.63. The zero-order valence-electron chi connectivity index (χ0n) is 7.78. The van der Waals surface area contributed by atoms with Crippen LogP contribution < -0.4 is 5.32 Å².